The molecule has 4 N–H and O–H groups in total. The minimum absolute atomic E-state index is 0.0815. The maximum Gasteiger partial charge on any atom is 0.410 e. The molecule has 10 heteroatoms. The average molecular weight is 411 g/mol. The van der Waals surface area contributed by atoms with E-state index in [0.717, 1.165) is 5.56 Å². The van der Waals surface area contributed by atoms with Crippen LogP contribution in [0.2, 0.25) is 0 Å². The van der Waals surface area contributed by atoms with Crippen LogP contribution in [-0.4, -0.2) is 87.3 Å². The number of aliphatic hydroxyl groups is 4. The molecule has 1 aromatic rings. The van der Waals surface area contributed by atoms with Crippen molar-refractivity contribution in [1.29, 1.82) is 0 Å². The number of hydrogen-bond donors (Lipinski definition) is 4. The highest BCUT2D eigenvalue weighted by Crippen LogP contribution is 2.23. The molecule has 0 aliphatic carbocycles. The van der Waals surface area contributed by atoms with Crippen molar-refractivity contribution in [3.63, 3.8) is 0 Å². The van der Waals surface area contributed by atoms with Gasteiger partial charge in [-0.15, -0.1) is 0 Å². The third kappa shape index (κ3) is 5.03. The molecular weight excluding hydrogens is 386 g/mol. The van der Waals surface area contributed by atoms with Gasteiger partial charge >= 0.3 is 12.1 Å². The van der Waals surface area contributed by atoms with E-state index in [2.05, 4.69) is 0 Å². The summed E-state index contributed by atoms with van der Waals surface area (Å²) in [5.41, 5.74) is 0.821. The number of benzene rings is 1. The first-order valence-corrected chi connectivity index (χ1v) is 9.40. The lowest BCUT2D eigenvalue weighted by molar-refractivity contribution is -0.287. The van der Waals surface area contributed by atoms with Crippen LogP contribution in [0.4, 0.5) is 4.79 Å². The van der Waals surface area contributed by atoms with Crippen molar-refractivity contribution < 1.29 is 44.2 Å². The van der Waals surface area contributed by atoms with Gasteiger partial charge < -0.3 is 34.6 Å². The van der Waals surface area contributed by atoms with E-state index in [-0.39, 0.29) is 6.61 Å². The quantitative estimate of drug-likeness (QED) is 0.454. The third-order valence-electron chi connectivity index (χ3n) is 5.04. The van der Waals surface area contributed by atoms with E-state index in [1.54, 1.807) is 0 Å². The summed E-state index contributed by atoms with van der Waals surface area (Å²) in [5, 5.41) is 38.6. The van der Waals surface area contributed by atoms with Crippen molar-refractivity contribution in [2.24, 2.45) is 0 Å². The predicted molar refractivity (Wildman–Crippen MR) is 96.2 cm³/mol. The highest BCUT2D eigenvalue weighted by atomic mass is 16.7. The van der Waals surface area contributed by atoms with Crippen LogP contribution in [0.15, 0.2) is 30.3 Å². The molecule has 2 fully saturated rings. The molecule has 0 aromatic heterocycles. The molecule has 2 aliphatic rings. The van der Waals surface area contributed by atoms with Gasteiger partial charge in [0.1, 0.15) is 43.7 Å². The zero-order chi connectivity index (χ0) is 21.0. The molecule has 0 spiro atoms. The van der Waals surface area contributed by atoms with Crippen LogP contribution < -0.4 is 0 Å². The molecule has 0 radical (unpaired) electrons. The van der Waals surface area contributed by atoms with E-state index in [1.807, 2.05) is 30.3 Å². The lowest BCUT2D eigenvalue weighted by atomic mass is 9.99. The number of amides is 1. The number of carbonyl (C=O) groups is 2. The molecule has 5 unspecified atom stereocenters. The summed E-state index contributed by atoms with van der Waals surface area (Å²) >= 11 is 0. The van der Waals surface area contributed by atoms with Crippen molar-refractivity contribution >= 4 is 12.1 Å². The van der Waals surface area contributed by atoms with Gasteiger partial charge in [0.05, 0.1) is 0 Å². The van der Waals surface area contributed by atoms with Crippen LogP contribution in [0.5, 0.6) is 0 Å². The maximum atomic E-state index is 12.4. The Balaban J connectivity index is 1.51. The monoisotopic (exact) mass is 411 g/mol. The van der Waals surface area contributed by atoms with Gasteiger partial charge in [0.2, 0.25) is 0 Å². The SMILES string of the molecule is O=C(OCC1OC(O)C(O)C(O)C1O)[C@@H]1CCCN1C(=O)OCc1ccccc1. The minimum Gasteiger partial charge on any atom is -0.461 e. The third-order valence-corrected chi connectivity index (χ3v) is 5.04. The van der Waals surface area contributed by atoms with E-state index in [4.69, 9.17) is 14.2 Å². The summed E-state index contributed by atoms with van der Waals surface area (Å²) < 4.78 is 15.4. The number of likely N-dealkylation sites (tertiary alicyclic amines) is 1. The number of esters is 1. The molecule has 2 heterocycles. The van der Waals surface area contributed by atoms with Crippen molar-refractivity contribution in [1.82, 2.24) is 4.90 Å². The summed E-state index contributed by atoms with van der Waals surface area (Å²) in [7, 11) is 0. The van der Waals surface area contributed by atoms with E-state index in [0.29, 0.717) is 19.4 Å². The second-order valence-electron chi connectivity index (χ2n) is 7.06. The summed E-state index contributed by atoms with van der Waals surface area (Å²) in [6, 6.07) is 8.31. The predicted octanol–water partition coefficient (Wildman–Crippen LogP) is -0.869. The standard InChI is InChI=1S/C19H25NO9/c21-14-13(29-18(25)16(23)15(14)22)10-27-17(24)12-7-4-8-20(12)19(26)28-9-11-5-2-1-3-6-11/h1-3,5-6,12-16,18,21-23,25H,4,7-10H2/t12-,13?,14?,15?,16?,18?/m0/s1. The Hall–Kier alpha value is -2.24. The Morgan fingerprint density at radius 2 is 1.76 bits per heavy atom. The van der Waals surface area contributed by atoms with Crippen molar-refractivity contribution in [2.75, 3.05) is 13.2 Å². The molecule has 29 heavy (non-hydrogen) atoms. The summed E-state index contributed by atoms with van der Waals surface area (Å²) in [6.45, 7) is -0.0258. The van der Waals surface area contributed by atoms with Crippen LogP contribution in [0.25, 0.3) is 0 Å². The first-order valence-electron chi connectivity index (χ1n) is 9.40. The number of hydrogen-bond acceptors (Lipinski definition) is 9. The van der Waals surface area contributed by atoms with Crippen LogP contribution in [0.1, 0.15) is 18.4 Å². The highest BCUT2D eigenvalue weighted by Gasteiger charge is 2.44. The molecule has 10 nitrogen and oxygen atoms in total. The fraction of sp³-hybridized carbons (Fsp3) is 0.579. The summed E-state index contributed by atoms with van der Waals surface area (Å²) in [5.74, 6) is -0.704. The molecule has 0 bridgehead atoms. The number of aliphatic hydroxyl groups excluding tert-OH is 4. The highest BCUT2D eigenvalue weighted by molar-refractivity contribution is 5.82. The second-order valence-corrected chi connectivity index (χ2v) is 7.06. The molecule has 2 saturated heterocycles. The molecule has 3 rings (SSSR count). The van der Waals surface area contributed by atoms with E-state index < -0.39 is 55.4 Å². The Morgan fingerprint density at radius 1 is 1.03 bits per heavy atom. The summed E-state index contributed by atoms with van der Waals surface area (Å²) in [6.07, 6.45) is -7.41. The van der Waals surface area contributed by atoms with E-state index >= 15 is 0 Å². The zero-order valence-corrected chi connectivity index (χ0v) is 15.7. The van der Waals surface area contributed by atoms with Gasteiger partial charge in [0.15, 0.2) is 6.29 Å². The number of nitrogens with zero attached hydrogens (tertiary/aromatic N) is 1. The van der Waals surface area contributed by atoms with Gasteiger partial charge in [-0.05, 0) is 18.4 Å². The van der Waals surface area contributed by atoms with Crippen molar-refractivity contribution in [3.05, 3.63) is 35.9 Å². The molecular formula is C19H25NO9. The van der Waals surface area contributed by atoms with Crippen LogP contribution in [-0.2, 0) is 25.6 Å². The topological polar surface area (TPSA) is 146 Å². The molecule has 2 aliphatic heterocycles. The van der Waals surface area contributed by atoms with Gasteiger partial charge in [-0.3, -0.25) is 4.90 Å². The normalized spacial score (nSPS) is 32.1. The molecule has 6 atom stereocenters. The smallest absolute Gasteiger partial charge is 0.410 e. The maximum absolute atomic E-state index is 12.4. The van der Waals surface area contributed by atoms with Crippen LogP contribution in [0, 0.1) is 0 Å². The molecule has 0 saturated carbocycles. The van der Waals surface area contributed by atoms with Gasteiger partial charge in [-0.2, -0.15) is 0 Å². The fourth-order valence-electron chi connectivity index (χ4n) is 3.36. The largest absolute Gasteiger partial charge is 0.461 e. The van der Waals surface area contributed by atoms with E-state index in [9.17, 15) is 30.0 Å². The first-order chi connectivity index (χ1) is 13.9. The van der Waals surface area contributed by atoms with Crippen molar-refractivity contribution in [3.8, 4) is 0 Å². The Kier molecular flexibility index (Phi) is 7.04. The number of ether oxygens (including phenoxy) is 3. The summed E-state index contributed by atoms with van der Waals surface area (Å²) in [4.78, 5) is 26.1. The number of rotatable bonds is 5. The zero-order valence-electron chi connectivity index (χ0n) is 15.7. The van der Waals surface area contributed by atoms with E-state index in [1.165, 1.54) is 4.90 Å². The second kappa shape index (κ2) is 9.51. The van der Waals surface area contributed by atoms with Gasteiger partial charge in [0, 0.05) is 6.54 Å². The molecule has 160 valence electrons. The lowest BCUT2D eigenvalue weighted by Gasteiger charge is -2.38. The Bertz CT molecular complexity index is 700. The lowest BCUT2D eigenvalue weighted by Crippen LogP contribution is -2.58. The van der Waals surface area contributed by atoms with Gasteiger partial charge in [0.25, 0.3) is 0 Å². The Morgan fingerprint density at radius 3 is 2.48 bits per heavy atom. The van der Waals surface area contributed by atoms with Gasteiger partial charge in [-0.25, -0.2) is 9.59 Å². The number of carbonyl (C=O) groups excluding carboxylic acids is 2. The van der Waals surface area contributed by atoms with Crippen LogP contribution in [0.3, 0.4) is 0 Å². The average Bonchev–Trinajstić information content (AvgIpc) is 3.23. The fourth-order valence-corrected chi connectivity index (χ4v) is 3.36. The first kappa shape index (κ1) is 21.5. The molecule has 1 amide bonds. The van der Waals surface area contributed by atoms with Crippen molar-refractivity contribution in [2.45, 2.75) is 56.2 Å². The van der Waals surface area contributed by atoms with Gasteiger partial charge in [-0.1, -0.05) is 30.3 Å². The molecule has 1 aromatic carbocycles. The Labute approximate surface area is 167 Å². The minimum atomic E-state index is -1.71. The van der Waals surface area contributed by atoms with Crippen LogP contribution >= 0.6 is 0 Å².